The molecule has 0 saturated carbocycles. The smallest absolute Gasteiger partial charge is 0.298 e. The lowest BCUT2D eigenvalue weighted by Gasteiger charge is -2.12. The van der Waals surface area contributed by atoms with Crippen molar-refractivity contribution in [2.45, 2.75) is 0 Å². The molecule has 0 radical (unpaired) electrons. The summed E-state index contributed by atoms with van der Waals surface area (Å²) in [6.07, 6.45) is 3.21. The van der Waals surface area contributed by atoms with Gasteiger partial charge in [0.15, 0.2) is 11.5 Å². The molecule has 1 aliphatic rings. The second-order valence-corrected chi connectivity index (χ2v) is 6.89. The second-order valence-electron chi connectivity index (χ2n) is 5.49. The molecule has 1 heterocycles. The van der Waals surface area contributed by atoms with Gasteiger partial charge in [0, 0.05) is 0 Å². The van der Waals surface area contributed by atoms with Crippen LogP contribution in [0.15, 0.2) is 60.0 Å². The monoisotopic (exact) mass is 401 g/mol. The van der Waals surface area contributed by atoms with Crippen LogP contribution in [-0.2, 0) is 4.79 Å². The quantitative estimate of drug-likeness (QED) is 0.494. The molecular weight excluding hydrogens is 386 g/mol. The summed E-state index contributed by atoms with van der Waals surface area (Å²) in [5.74, 6) is 0.449. The molecule has 0 unspecified atom stereocenters. The number of benzene rings is 2. The summed E-state index contributed by atoms with van der Waals surface area (Å²) in [4.78, 5) is 26.4. The maximum absolute atomic E-state index is 12.7. The Bertz CT molecular complexity index is 927. The number of hydrogen-bond donors (Lipinski definition) is 0. The Hall–Kier alpha value is -2.70. The molecule has 5 nitrogen and oxygen atoms in total. The third-order valence-electron chi connectivity index (χ3n) is 3.70. The Labute approximate surface area is 166 Å². The zero-order valence-corrected chi connectivity index (χ0v) is 16.0. The van der Waals surface area contributed by atoms with E-state index in [2.05, 4.69) is 6.58 Å². The van der Waals surface area contributed by atoms with Gasteiger partial charge >= 0.3 is 0 Å². The lowest BCUT2D eigenvalue weighted by molar-refractivity contribution is -0.113. The van der Waals surface area contributed by atoms with Gasteiger partial charge in [0.05, 0.1) is 22.7 Å². The Kier molecular flexibility index (Phi) is 5.88. The van der Waals surface area contributed by atoms with Crippen LogP contribution in [0.1, 0.15) is 5.56 Å². The average Bonchev–Trinajstić information content (AvgIpc) is 2.94. The summed E-state index contributed by atoms with van der Waals surface area (Å²) in [5.41, 5.74) is 1.16. The van der Waals surface area contributed by atoms with Crippen molar-refractivity contribution in [1.82, 2.24) is 0 Å². The minimum atomic E-state index is -0.377. The van der Waals surface area contributed by atoms with E-state index in [4.69, 9.17) is 21.1 Å². The first-order chi connectivity index (χ1) is 13.0. The van der Waals surface area contributed by atoms with Crippen LogP contribution < -0.4 is 14.4 Å². The van der Waals surface area contributed by atoms with E-state index in [-0.39, 0.29) is 17.8 Å². The van der Waals surface area contributed by atoms with Crippen molar-refractivity contribution in [2.24, 2.45) is 0 Å². The van der Waals surface area contributed by atoms with Gasteiger partial charge in [-0.15, -0.1) is 0 Å². The fraction of sp³-hybridized carbons (Fsp3) is 0.100. The largest absolute Gasteiger partial charge is 0.493 e. The molecule has 2 amide bonds. The third-order valence-corrected chi connectivity index (χ3v) is 4.85. The molecule has 2 aromatic carbocycles. The standard InChI is InChI=1S/C20H16ClNO4S/c1-3-9-26-18-15(21)10-13(11-16(18)25-2)12-17-19(23)22(20(24)27-17)14-7-5-4-6-8-14/h3-8,10-12H,1,9H2,2H3/b17-12-. The van der Waals surface area contributed by atoms with Gasteiger partial charge in [-0.2, -0.15) is 0 Å². The molecule has 1 saturated heterocycles. The molecule has 0 aromatic heterocycles. The lowest BCUT2D eigenvalue weighted by atomic mass is 10.1. The van der Waals surface area contributed by atoms with Crippen molar-refractivity contribution in [3.8, 4) is 11.5 Å². The molecule has 1 fully saturated rings. The molecule has 138 valence electrons. The highest BCUT2D eigenvalue weighted by Crippen LogP contribution is 2.39. The van der Waals surface area contributed by atoms with E-state index in [0.29, 0.717) is 32.7 Å². The maximum Gasteiger partial charge on any atom is 0.298 e. The number of carbonyl (C=O) groups excluding carboxylic acids is 2. The molecule has 0 spiro atoms. The zero-order valence-electron chi connectivity index (χ0n) is 14.5. The number of imide groups is 1. The van der Waals surface area contributed by atoms with E-state index >= 15 is 0 Å². The van der Waals surface area contributed by atoms with Crippen molar-refractivity contribution in [3.63, 3.8) is 0 Å². The minimum Gasteiger partial charge on any atom is -0.493 e. The number of carbonyl (C=O) groups is 2. The first-order valence-electron chi connectivity index (χ1n) is 7.99. The normalized spacial score (nSPS) is 15.3. The van der Waals surface area contributed by atoms with E-state index in [1.165, 1.54) is 7.11 Å². The highest BCUT2D eigenvalue weighted by atomic mass is 35.5. The van der Waals surface area contributed by atoms with Gasteiger partial charge in [-0.25, -0.2) is 4.90 Å². The number of halogens is 1. The Morgan fingerprint density at radius 1 is 1.22 bits per heavy atom. The molecule has 0 N–H and O–H groups in total. The maximum atomic E-state index is 12.7. The van der Waals surface area contributed by atoms with Crippen LogP contribution in [0.3, 0.4) is 0 Å². The predicted molar refractivity (Wildman–Crippen MR) is 109 cm³/mol. The minimum absolute atomic E-state index is 0.283. The number of methoxy groups -OCH3 is 1. The van der Waals surface area contributed by atoms with Crippen LogP contribution in [-0.4, -0.2) is 24.9 Å². The molecule has 0 atom stereocenters. The van der Waals surface area contributed by atoms with Crippen molar-refractivity contribution < 1.29 is 19.1 Å². The molecule has 7 heteroatoms. The Morgan fingerprint density at radius 3 is 2.63 bits per heavy atom. The summed E-state index contributed by atoms with van der Waals surface area (Å²) in [6.45, 7) is 3.88. The Balaban J connectivity index is 1.93. The van der Waals surface area contributed by atoms with Gasteiger partial charge in [-0.1, -0.05) is 42.5 Å². The topological polar surface area (TPSA) is 55.8 Å². The van der Waals surface area contributed by atoms with E-state index in [1.807, 2.05) is 6.07 Å². The predicted octanol–water partition coefficient (Wildman–Crippen LogP) is 5.15. The number of nitrogens with zero attached hydrogens (tertiary/aromatic N) is 1. The van der Waals surface area contributed by atoms with Gasteiger partial charge in [0.25, 0.3) is 11.1 Å². The van der Waals surface area contributed by atoms with Gasteiger partial charge in [0.2, 0.25) is 0 Å². The lowest BCUT2D eigenvalue weighted by Crippen LogP contribution is -2.27. The van der Waals surface area contributed by atoms with Crippen molar-refractivity contribution in [1.29, 1.82) is 0 Å². The van der Waals surface area contributed by atoms with E-state index in [0.717, 1.165) is 16.7 Å². The molecule has 27 heavy (non-hydrogen) atoms. The SMILES string of the molecule is C=CCOc1c(Cl)cc(/C=C2\SC(=O)N(c3ccccc3)C2=O)cc1OC. The van der Waals surface area contributed by atoms with Crippen LogP contribution in [0.5, 0.6) is 11.5 Å². The van der Waals surface area contributed by atoms with Gasteiger partial charge in [-0.3, -0.25) is 9.59 Å². The number of amides is 2. The number of hydrogen-bond acceptors (Lipinski definition) is 5. The van der Waals surface area contributed by atoms with Crippen LogP contribution in [0.2, 0.25) is 5.02 Å². The summed E-state index contributed by atoms with van der Waals surface area (Å²) < 4.78 is 10.8. The van der Waals surface area contributed by atoms with E-state index in [1.54, 1.807) is 48.6 Å². The molecule has 0 aliphatic carbocycles. The highest BCUT2D eigenvalue weighted by molar-refractivity contribution is 8.19. The number of rotatable bonds is 6. The first kappa shape index (κ1) is 19.1. The molecule has 1 aliphatic heterocycles. The molecule has 0 bridgehead atoms. The van der Waals surface area contributed by atoms with Gasteiger partial charge in [-0.05, 0) is 47.7 Å². The third kappa shape index (κ3) is 4.02. The van der Waals surface area contributed by atoms with Crippen molar-refractivity contribution in [3.05, 3.63) is 70.6 Å². The summed E-state index contributed by atoms with van der Waals surface area (Å²) in [7, 11) is 1.50. The summed E-state index contributed by atoms with van der Waals surface area (Å²) in [5, 5.41) is -0.00816. The highest BCUT2D eigenvalue weighted by Gasteiger charge is 2.36. The zero-order chi connectivity index (χ0) is 19.4. The fourth-order valence-corrected chi connectivity index (χ4v) is 3.64. The number of thioether (sulfide) groups is 1. The van der Waals surface area contributed by atoms with Crippen LogP contribution in [0.25, 0.3) is 6.08 Å². The van der Waals surface area contributed by atoms with Crippen LogP contribution in [0.4, 0.5) is 10.5 Å². The average molecular weight is 402 g/mol. The first-order valence-corrected chi connectivity index (χ1v) is 9.19. The van der Waals surface area contributed by atoms with Crippen LogP contribution >= 0.6 is 23.4 Å². The number of anilines is 1. The molecular formula is C20H16ClNO4S. The summed E-state index contributed by atoms with van der Waals surface area (Å²) in [6, 6.07) is 12.1. The second kappa shape index (κ2) is 8.33. The van der Waals surface area contributed by atoms with Crippen molar-refractivity contribution in [2.75, 3.05) is 18.6 Å². The number of para-hydroxylation sites is 1. The van der Waals surface area contributed by atoms with E-state index < -0.39 is 0 Å². The van der Waals surface area contributed by atoms with E-state index in [9.17, 15) is 9.59 Å². The molecule has 2 aromatic rings. The summed E-state index contributed by atoms with van der Waals surface area (Å²) >= 11 is 7.17. The van der Waals surface area contributed by atoms with Crippen LogP contribution in [0, 0.1) is 0 Å². The van der Waals surface area contributed by atoms with Crippen molar-refractivity contribution >= 4 is 46.3 Å². The molecule has 3 rings (SSSR count). The number of ether oxygens (including phenoxy) is 2. The van der Waals surface area contributed by atoms with Gasteiger partial charge < -0.3 is 9.47 Å². The fourth-order valence-electron chi connectivity index (χ4n) is 2.52. The van der Waals surface area contributed by atoms with Gasteiger partial charge in [0.1, 0.15) is 6.61 Å². The Morgan fingerprint density at radius 2 is 1.96 bits per heavy atom.